The lowest BCUT2D eigenvalue weighted by molar-refractivity contribution is 0.0509. The molecule has 1 heteroatoms. The number of hydrogen-bond donors (Lipinski definition) is 1. The summed E-state index contributed by atoms with van der Waals surface area (Å²) in [5.74, 6) is 0. The third kappa shape index (κ3) is 2.51. The van der Waals surface area contributed by atoms with E-state index in [9.17, 15) is 5.11 Å². The van der Waals surface area contributed by atoms with Gasteiger partial charge in [0.25, 0.3) is 0 Å². The predicted molar refractivity (Wildman–Crippen MR) is 47.4 cm³/mol. The van der Waals surface area contributed by atoms with Crippen molar-refractivity contribution >= 4 is 0 Å². The molecule has 0 aromatic heterocycles. The molecule has 1 N–H and O–H groups in total. The normalized spacial score (nSPS) is 22.6. The van der Waals surface area contributed by atoms with Gasteiger partial charge in [0.05, 0.1) is 5.60 Å². The van der Waals surface area contributed by atoms with Crippen molar-refractivity contribution in [3.05, 3.63) is 24.8 Å². The lowest BCUT2D eigenvalue weighted by Crippen LogP contribution is -2.22. The van der Waals surface area contributed by atoms with Crippen LogP contribution in [0.1, 0.15) is 32.1 Å². The Morgan fingerprint density at radius 2 is 2.00 bits per heavy atom. The highest BCUT2D eigenvalue weighted by atomic mass is 16.3. The van der Waals surface area contributed by atoms with E-state index in [0.29, 0.717) is 0 Å². The Morgan fingerprint density at radius 1 is 1.36 bits per heavy atom. The van der Waals surface area contributed by atoms with E-state index in [1.807, 2.05) is 12.2 Å². The van der Waals surface area contributed by atoms with E-state index in [0.717, 1.165) is 19.3 Å². The summed E-state index contributed by atoms with van der Waals surface area (Å²) in [6.45, 7) is 3.58. The standard InChI is InChI=1S/C10H16O/c1-2-3-4-7-10(11)8-5-6-9-10/h2-4,11H,1,5-9H2/b4-3+. The van der Waals surface area contributed by atoms with E-state index in [2.05, 4.69) is 6.58 Å². The van der Waals surface area contributed by atoms with E-state index >= 15 is 0 Å². The molecule has 0 heterocycles. The molecule has 0 aliphatic heterocycles. The van der Waals surface area contributed by atoms with E-state index in [-0.39, 0.29) is 5.60 Å². The Hall–Kier alpha value is -0.560. The van der Waals surface area contributed by atoms with Gasteiger partial charge in [-0.1, -0.05) is 37.6 Å². The van der Waals surface area contributed by atoms with Crippen molar-refractivity contribution in [1.29, 1.82) is 0 Å². The highest BCUT2D eigenvalue weighted by molar-refractivity contribution is 5.01. The van der Waals surface area contributed by atoms with Gasteiger partial charge in [0.1, 0.15) is 0 Å². The Bertz CT molecular complexity index is 152. The lowest BCUT2D eigenvalue weighted by Gasteiger charge is -2.19. The van der Waals surface area contributed by atoms with Gasteiger partial charge >= 0.3 is 0 Å². The molecular formula is C10H16O. The van der Waals surface area contributed by atoms with Crippen molar-refractivity contribution in [3.63, 3.8) is 0 Å². The molecule has 0 saturated heterocycles. The van der Waals surface area contributed by atoms with Gasteiger partial charge in [0.2, 0.25) is 0 Å². The molecular weight excluding hydrogens is 136 g/mol. The maximum atomic E-state index is 9.83. The van der Waals surface area contributed by atoms with Gasteiger partial charge in [0, 0.05) is 0 Å². The van der Waals surface area contributed by atoms with Gasteiger partial charge in [0.15, 0.2) is 0 Å². The molecule has 1 fully saturated rings. The average Bonchev–Trinajstić information content (AvgIpc) is 2.38. The van der Waals surface area contributed by atoms with Gasteiger partial charge in [-0.25, -0.2) is 0 Å². The quantitative estimate of drug-likeness (QED) is 0.616. The third-order valence-corrected chi connectivity index (χ3v) is 2.30. The van der Waals surface area contributed by atoms with Crippen molar-refractivity contribution in [2.75, 3.05) is 0 Å². The Kier molecular flexibility index (Phi) is 2.89. The first-order chi connectivity index (χ1) is 5.27. The first-order valence-electron chi connectivity index (χ1n) is 4.27. The summed E-state index contributed by atoms with van der Waals surface area (Å²) in [6.07, 6.45) is 10.7. The average molecular weight is 152 g/mol. The van der Waals surface area contributed by atoms with Gasteiger partial charge in [-0.3, -0.25) is 0 Å². The van der Waals surface area contributed by atoms with Gasteiger partial charge in [-0.2, -0.15) is 0 Å². The molecule has 1 aliphatic rings. The fourth-order valence-corrected chi connectivity index (χ4v) is 1.62. The molecule has 0 aromatic carbocycles. The van der Waals surface area contributed by atoms with Crippen LogP contribution in [0.3, 0.4) is 0 Å². The van der Waals surface area contributed by atoms with E-state index in [4.69, 9.17) is 0 Å². The topological polar surface area (TPSA) is 20.2 Å². The Morgan fingerprint density at radius 3 is 2.55 bits per heavy atom. The second-order valence-corrected chi connectivity index (χ2v) is 3.30. The summed E-state index contributed by atoms with van der Waals surface area (Å²) >= 11 is 0. The van der Waals surface area contributed by atoms with Gasteiger partial charge < -0.3 is 5.11 Å². The molecule has 1 rings (SSSR count). The van der Waals surface area contributed by atoms with Crippen LogP contribution in [0.5, 0.6) is 0 Å². The second kappa shape index (κ2) is 3.72. The molecule has 1 saturated carbocycles. The van der Waals surface area contributed by atoms with Crippen LogP contribution < -0.4 is 0 Å². The lowest BCUT2D eigenvalue weighted by atomic mass is 9.98. The van der Waals surface area contributed by atoms with E-state index < -0.39 is 0 Å². The Labute approximate surface area is 68.4 Å². The van der Waals surface area contributed by atoms with Crippen LogP contribution >= 0.6 is 0 Å². The summed E-state index contributed by atoms with van der Waals surface area (Å²) in [4.78, 5) is 0. The minimum Gasteiger partial charge on any atom is -0.390 e. The number of hydrogen-bond acceptors (Lipinski definition) is 1. The zero-order chi connectivity index (χ0) is 8.16. The van der Waals surface area contributed by atoms with Crippen LogP contribution in [0.15, 0.2) is 24.8 Å². The van der Waals surface area contributed by atoms with Crippen LogP contribution in [0.4, 0.5) is 0 Å². The molecule has 0 amide bonds. The van der Waals surface area contributed by atoms with Crippen molar-refractivity contribution in [3.8, 4) is 0 Å². The minimum atomic E-state index is -0.389. The first-order valence-corrected chi connectivity index (χ1v) is 4.27. The van der Waals surface area contributed by atoms with E-state index in [1.165, 1.54) is 12.8 Å². The molecule has 0 spiro atoms. The van der Waals surface area contributed by atoms with Crippen LogP contribution in [-0.2, 0) is 0 Å². The predicted octanol–water partition coefficient (Wildman–Crippen LogP) is 2.42. The SMILES string of the molecule is C=C/C=C/CC1(O)CCCC1. The van der Waals surface area contributed by atoms with Crippen molar-refractivity contribution in [2.24, 2.45) is 0 Å². The molecule has 0 unspecified atom stereocenters. The molecule has 11 heavy (non-hydrogen) atoms. The third-order valence-electron chi connectivity index (χ3n) is 2.30. The molecule has 0 radical (unpaired) electrons. The highest BCUT2D eigenvalue weighted by Gasteiger charge is 2.29. The summed E-state index contributed by atoms with van der Waals surface area (Å²) in [7, 11) is 0. The van der Waals surface area contributed by atoms with Crippen molar-refractivity contribution in [2.45, 2.75) is 37.7 Å². The second-order valence-electron chi connectivity index (χ2n) is 3.30. The summed E-state index contributed by atoms with van der Waals surface area (Å²) in [5.41, 5.74) is -0.389. The summed E-state index contributed by atoms with van der Waals surface area (Å²) in [6, 6.07) is 0. The molecule has 1 aliphatic carbocycles. The van der Waals surface area contributed by atoms with Gasteiger partial charge in [-0.15, -0.1) is 0 Å². The number of allylic oxidation sites excluding steroid dienone is 2. The maximum absolute atomic E-state index is 9.83. The van der Waals surface area contributed by atoms with Crippen LogP contribution in [0.25, 0.3) is 0 Å². The minimum absolute atomic E-state index is 0.389. The van der Waals surface area contributed by atoms with E-state index in [1.54, 1.807) is 6.08 Å². The zero-order valence-electron chi connectivity index (χ0n) is 6.92. The van der Waals surface area contributed by atoms with Crippen LogP contribution in [0.2, 0.25) is 0 Å². The van der Waals surface area contributed by atoms with Crippen molar-refractivity contribution in [1.82, 2.24) is 0 Å². The van der Waals surface area contributed by atoms with Crippen LogP contribution in [-0.4, -0.2) is 10.7 Å². The first kappa shape index (κ1) is 8.54. The fourth-order valence-electron chi connectivity index (χ4n) is 1.62. The fraction of sp³-hybridized carbons (Fsp3) is 0.600. The van der Waals surface area contributed by atoms with Gasteiger partial charge in [-0.05, 0) is 19.3 Å². The largest absolute Gasteiger partial charge is 0.390 e. The van der Waals surface area contributed by atoms with Crippen molar-refractivity contribution < 1.29 is 5.11 Å². The molecule has 0 bridgehead atoms. The number of aliphatic hydroxyl groups is 1. The zero-order valence-corrected chi connectivity index (χ0v) is 6.92. The Balaban J connectivity index is 2.33. The summed E-state index contributed by atoms with van der Waals surface area (Å²) < 4.78 is 0. The molecule has 1 nitrogen and oxygen atoms in total. The smallest absolute Gasteiger partial charge is 0.0682 e. The highest BCUT2D eigenvalue weighted by Crippen LogP contribution is 2.32. The maximum Gasteiger partial charge on any atom is 0.0682 e. The summed E-state index contributed by atoms with van der Waals surface area (Å²) in [5, 5.41) is 9.83. The molecule has 0 atom stereocenters. The van der Waals surface area contributed by atoms with Crippen LogP contribution in [0, 0.1) is 0 Å². The molecule has 62 valence electrons. The monoisotopic (exact) mass is 152 g/mol. The number of rotatable bonds is 3. The molecule has 0 aromatic rings.